The summed E-state index contributed by atoms with van der Waals surface area (Å²) < 4.78 is 1.65. The molecule has 3 heterocycles. The zero-order chi connectivity index (χ0) is 20.2. The smallest absolute Gasteiger partial charge is 0.287 e. The van der Waals surface area contributed by atoms with Gasteiger partial charge in [-0.3, -0.25) is 14.0 Å². The SMILES string of the molecule is CCCNC(=O)c1nc(C(=O)NCCc2c[nH]c3ccccc23)n2ccccc12. The third-order valence-corrected chi connectivity index (χ3v) is 4.86. The van der Waals surface area contributed by atoms with Gasteiger partial charge in [0.2, 0.25) is 5.82 Å². The molecule has 7 nitrogen and oxygen atoms in total. The molecule has 0 saturated carbocycles. The maximum atomic E-state index is 12.8. The summed E-state index contributed by atoms with van der Waals surface area (Å²) in [5, 5.41) is 6.90. The highest BCUT2D eigenvalue weighted by molar-refractivity contribution is 6.02. The fourth-order valence-electron chi connectivity index (χ4n) is 3.42. The van der Waals surface area contributed by atoms with Crippen molar-refractivity contribution in [3.8, 4) is 0 Å². The van der Waals surface area contributed by atoms with Crippen LogP contribution in [0.3, 0.4) is 0 Å². The zero-order valence-corrected chi connectivity index (χ0v) is 16.2. The van der Waals surface area contributed by atoms with E-state index in [-0.39, 0.29) is 23.3 Å². The fraction of sp³-hybridized carbons (Fsp3) is 0.227. The Bertz CT molecular complexity index is 1170. The number of aromatic amines is 1. The molecule has 0 radical (unpaired) electrons. The molecule has 0 aliphatic heterocycles. The summed E-state index contributed by atoms with van der Waals surface area (Å²) in [6, 6.07) is 13.5. The number of hydrogen-bond acceptors (Lipinski definition) is 3. The van der Waals surface area contributed by atoms with Crippen LogP contribution in [-0.2, 0) is 6.42 Å². The lowest BCUT2D eigenvalue weighted by molar-refractivity contribution is 0.0943. The molecular formula is C22H23N5O2. The number of nitrogens with zero attached hydrogens (tertiary/aromatic N) is 2. The van der Waals surface area contributed by atoms with Crippen LogP contribution in [0.25, 0.3) is 16.4 Å². The topological polar surface area (TPSA) is 91.3 Å². The molecule has 0 spiro atoms. The molecular weight excluding hydrogens is 366 g/mol. The van der Waals surface area contributed by atoms with Crippen LogP contribution < -0.4 is 10.6 Å². The Balaban J connectivity index is 1.50. The normalized spacial score (nSPS) is 11.1. The van der Waals surface area contributed by atoms with Crippen LogP contribution >= 0.6 is 0 Å². The number of rotatable bonds is 7. The predicted octanol–water partition coefficient (Wildman–Crippen LogP) is 2.93. The van der Waals surface area contributed by atoms with Crippen LogP contribution in [0.4, 0.5) is 0 Å². The third-order valence-electron chi connectivity index (χ3n) is 4.86. The Morgan fingerprint density at radius 2 is 1.83 bits per heavy atom. The maximum Gasteiger partial charge on any atom is 0.287 e. The van der Waals surface area contributed by atoms with Gasteiger partial charge in [0.25, 0.3) is 11.8 Å². The molecule has 0 bridgehead atoms. The second kappa shape index (κ2) is 8.18. The lowest BCUT2D eigenvalue weighted by atomic mass is 10.1. The Kier molecular flexibility index (Phi) is 5.29. The number of hydrogen-bond donors (Lipinski definition) is 3. The van der Waals surface area contributed by atoms with E-state index in [1.54, 1.807) is 16.7 Å². The number of imidazole rings is 1. The fourth-order valence-corrected chi connectivity index (χ4v) is 3.42. The van der Waals surface area contributed by atoms with Crippen molar-refractivity contribution in [2.45, 2.75) is 19.8 Å². The predicted molar refractivity (Wildman–Crippen MR) is 112 cm³/mol. The van der Waals surface area contributed by atoms with Gasteiger partial charge in [-0.2, -0.15) is 0 Å². The van der Waals surface area contributed by atoms with Gasteiger partial charge < -0.3 is 15.6 Å². The largest absolute Gasteiger partial charge is 0.361 e. The van der Waals surface area contributed by atoms with E-state index in [4.69, 9.17) is 0 Å². The lowest BCUT2D eigenvalue weighted by Crippen LogP contribution is -2.28. The molecule has 0 unspecified atom stereocenters. The van der Waals surface area contributed by atoms with E-state index >= 15 is 0 Å². The summed E-state index contributed by atoms with van der Waals surface area (Å²) in [7, 11) is 0. The van der Waals surface area contributed by atoms with Gasteiger partial charge in [-0.05, 0) is 36.6 Å². The first-order chi connectivity index (χ1) is 14.2. The van der Waals surface area contributed by atoms with E-state index in [1.807, 2.05) is 43.5 Å². The minimum absolute atomic E-state index is 0.209. The first-order valence-electron chi connectivity index (χ1n) is 9.77. The van der Waals surface area contributed by atoms with Crippen molar-refractivity contribution >= 4 is 28.2 Å². The van der Waals surface area contributed by atoms with Gasteiger partial charge in [-0.1, -0.05) is 31.2 Å². The second-order valence-corrected chi connectivity index (χ2v) is 6.86. The lowest BCUT2D eigenvalue weighted by Gasteiger charge is -2.04. The Hall–Kier alpha value is -3.61. The minimum Gasteiger partial charge on any atom is -0.361 e. The Labute approximate surface area is 168 Å². The first kappa shape index (κ1) is 18.7. The number of benzene rings is 1. The Morgan fingerprint density at radius 1 is 1.03 bits per heavy atom. The third kappa shape index (κ3) is 3.71. The van der Waals surface area contributed by atoms with Gasteiger partial charge in [0.15, 0.2) is 5.69 Å². The molecule has 0 fully saturated rings. The van der Waals surface area contributed by atoms with E-state index in [9.17, 15) is 9.59 Å². The summed E-state index contributed by atoms with van der Waals surface area (Å²) >= 11 is 0. The zero-order valence-electron chi connectivity index (χ0n) is 16.2. The highest BCUT2D eigenvalue weighted by atomic mass is 16.2. The average Bonchev–Trinajstić information content (AvgIpc) is 3.34. The van der Waals surface area contributed by atoms with Gasteiger partial charge in [0, 0.05) is 36.4 Å². The van der Waals surface area contributed by atoms with Crippen molar-refractivity contribution in [1.29, 1.82) is 0 Å². The molecule has 0 aliphatic carbocycles. The maximum absolute atomic E-state index is 12.8. The van der Waals surface area contributed by atoms with Crippen molar-refractivity contribution in [3.05, 3.63) is 71.9 Å². The number of amides is 2. The van der Waals surface area contributed by atoms with Crippen LogP contribution in [0.5, 0.6) is 0 Å². The number of carbonyl (C=O) groups is 2. The van der Waals surface area contributed by atoms with Crippen molar-refractivity contribution in [2.75, 3.05) is 13.1 Å². The number of carbonyl (C=O) groups excluding carboxylic acids is 2. The average molecular weight is 389 g/mol. The highest BCUT2D eigenvalue weighted by Crippen LogP contribution is 2.18. The molecule has 3 N–H and O–H groups in total. The molecule has 2 amide bonds. The number of pyridine rings is 1. The summed E-state index contributed by atoms with van der Waals surface area (Å²) in [4.78, 5) is 32.8. The standard InChI is InChI=1S/C22H23N5O2/c1-2-11-23-21(28)19-18-9-5-6-13-27(18)20(26-19)22(29)24-12-10-15-14-25-17-8-4-3-7-16(15)17/h3-9,13-14,25H,2,10-12H2,1H3,(H,23,28)(H,24,29). The number of para-hydroxylation sites is 1. The van der Waals surface area contributed by atoms with Gasteiger partial charge >= 0.3 is 0 Å². The molecule has 0 atom stereocenters. The Morgan fingerprint density at radius 3 is 2.69 bits per heavy atom. The van der Waals surface area contributed by atoms with Gasteiger partial charge in [-0.15, -0.1) is 0 Å². The monoisotopic (exact) mass is 389 g/mol. The van der Waals surface area contributed by atoms with E-state index in [2.05, 4.69) is 26.7 Å². The van der Waals surface area contributed by atoms with Crippen LogP contribution in [0.15, 0.2) is 54.9 Å². The molecule has 4 aromatic rings. The molecule has 4 rings (SSSR count). The van der Waals surface area contributed by atoms with Crippen LogP contribution in [0.2, 0.25) is 0 Å². The van der Waals surface area contributed by atoms with Crippen LogP contribution in [-0.4, -0.2) is 39.3 Å². The quantitative estimate of drug-likeness (QED) is 0.454. The number of fused-ring (bicyclic) bond motifs is 2. The molecule has 0 saturated heterocycles. The summed E-state index contributed by atoms with van der Waals surface area (Å²) in [6.45, 7) is 3.02. The van der Waals surface area contributed by atoms with E-state index < -0.39 is 0 Å². The number of H-pyrrole nitrogens is 1. The van der Waals surface area contributed by atoms with Crippen molar-refractivity contribution in [1.82, 2.24) is 25.0 Å². The molecule has 148 valence electrons. The summed E-state index contributed by atoms with van der Waals surface area (Å²) in [5.41, 5.74) is 3.10. The number of aromatic nitrogens is 3. The number of nitrogens with one attached hydrogen (secondary N) is 3. The minimum atomic E-state index is -0.305. The first-order valence-corrected chi connectivity index (χ1v) is 9.77. The van der Waals surface area contributed by atoms with Crippen LogP contribution in [0, 0.1) is 0 Å². The highest BCUT2D eigenvalue weighted by Gasteiger charge is 2.21. The molecule has 3 aromatic heterocycles. The van der Waals surface area contributed by atoms with Crippen molar-refractivity contribution < 1.29 is 9.59 Å². The molecule has 29 heavy (non-hydrogen) atoms. The van der Waals surface area contributed by atoms with Crippen molar-refractivity contribution in [2.24, 2.45) is 0 Å². The summed E-state index contributed by atoms with van der Waals surface area (Å²) in [6.07, 6.45) is 5.24. The molecule has 1 aromatic carbocycles. The van der Waals surface area contributed by atoms with Gasteiger partial charge in [0.1, 0.15) is 0 Å². The van der Waals surface area contributed by atoms with Crippen molar-refractivity contribution in [3.63, 3.8) is 0 Å². The van der Waals surface area contributed by atoms with E-state index in [0.717, 1.165) is 22.9 Å². The van der Waals surface area contributed by atoms with Gasteiger partial charge in [-0.25, -0.2) is 4.98 Å². The van der Waals surface area contributed by atoms with E-state index in [0.29, 0.717) is 25.0 Å². The second-order valence-electron chi connectivity index (χ2n) is 6.86. The molecule has 0 aliphatic rings. The molecule has 7 heteroatoms. The van der Waals surface area contributed by atoms with E-state index in [1.165, 1.54) is 0 Å². The summed E-state index contributed by atoms with van der Waals surface area (Å²) in [5.74, 6) is -0.366. The van der Waals surface area contributed by atoms with Crippen LogP contribution in [0.1, 0.15) is 40.0 Å². The van der Waals surface area contributed by atoms with Gasteiger partial charge in [0.05, 0.1) is 5.52 Å².